The van der Waals surface area contributed by atoms with Gasteiger partial charge in [0, 0.05) is 26.8 Å². The molecule has 5 heteroatoms. The van der Waals surface area contributed by atoms with E-state index in [0.717, 1.165) is 31.9 Å². The number of phenols is 1. The van der Waals surface area contributed by atoms with Crippen LogP contribution in [0.1, 0.15) is 28.9 Å². The minimum atomic E-state index is -0.0119. The molecule has 4 N–H and O–H groups in total. The molecule has 3 nitrogen and oxygen atoms in total. The summed E-state index contributed by atoms with van der Waals surface area (Å²) in [7, 11) is 0. The molecular weight excluding hydrogens is 424 g/mol. The van der Waals surface area contributed by atoms with Crippen molar-refractivity contribution in [2.45, 2.75) is 12.2 Å². The fraction of sp³-hybridized carbons (Fsp3) is 0.0909. The number of quaternary nitrogens is 1. The van der Waals surface area contributed by atoms with Crippen LogP contribution in [-0.4, -0.2) is 5.11 Å². The second-order valence-corrected chi connectivity index (χ2v) is 7.89. The summed E-state index contributed by atoms with van der Waals surface area (Å²) >= 11 is 9.61. The van der Waals surface area contributed by atoms with Gasteiger partial charge >= 0.3 is 0 Å². The Bertz CT molecular complexity index is 988. The first-order valence-electron chi connectivity index (χ1n) is 8.73. The first-order valence-corrected chi connectivity index (χ1v) is 9.90. The van der Waals surface area contributed by atoms with Gasteiger partial charge in [-0.3, -0.25) is 0 Å². The van der Waals surface area contributed by atoms with E-state index in [1.807, 2.05) is 54.6 Å². The van der Waals surface area contributed by atoms with Crippen molar-refractivity contribution >= 4 is 33.2 Å². The van der Waals surface area contributed by atoms with Crippen molar-refractivity contribution in [1.82, 2.24) is 5.32 Å². The average molecular weight is 443 g/mol. The summed E-state index contributed by atoms with van der Waals surface area (Å²) in [6.07, 6.45) is 2.16. The lowest BCUT2D eigenvalue weighted by atomic mass is 9.98. The average Bonchev–Trinajstić information content (AvgIpc) is 2.68. The van der Waals surface area contributed by atoms with Gasteiger partial charge in [0.2, 0.25) is 0 Å². The summed E-state index contributed by atoms with van der Waals surface area (Å²) in [5, 5.41) is 16.9. The number of halogens is 2. The van der Waals surface area contributed by atoms with Gasteiger partial charge in [0.05, 0.1) is 5.56 Å². The summed E-state index contributed by atoms with van der Waals surface area (Å²) in [6.45, 7) is 0. The number of hydrogen-bond acceptors (Lipinski definition) is 2. The van der Waals surface area contributed by atoms with Crippen LogP contribution in [-0.2, 0) is 0 Å². The second-order valence-electron chi connectivity index (χ2n) is 6.54. The number of phenolic OH excluding ortho intramolecular Hbond substituents is 1. The highest BCUT2D eigenvalue weighted by Crippen LogP contribution is 2.29. The summed E-state index contributed by atoms with van der Waals surface area (Å²) < 4.78 is 1.03. The lowest BCUT2D eigenvalue weighted by Crippen LogP contribution is -2.89. The van der Waals surface area contributed by atoms with Crippen molar-refractivity contribution < 1.29 is 10.4 Å². The number of rotatable bonds is 3. The number of benzene rings is 3. The minimum Gasteiger partial charge on any atom is -0.507 e. The molecule has 0 spiro atoms. The van der Waals surface area contributed by atoms with Gasteiger partial charge in [-0.15, -0.1) is 0 Å². The smallest absolute Gasteiger partial charge is 0.186 e. The fourth-order valence-corrected chi connectivity index (χ4v) is 3.89. The number of nitrogens with one attached hydrogen (secondary N) is 1. The van der Waals surface area contributed by atoms with Gasteiger partial charge in [-0.05, 0) is 54.1 Å². The van der Waals surface area contributed by atoms with E-state index in [4.69, 9.17) is 11.6 Å². The van der Waals surface area contributed by atoms with E-state index in [1.165, 1.54) is 0 Å². The second kappa shape index (κ2) is 7.77. The van der Waals surface area contributed by atoms with Crippen LogP contribution >= 0.6 is 27.5 Å². The molecule has 136 valence electrons. The van der Waals surface area contributed by atoms with Gasteiger partial charge < -0.3 is 15.7 Å². The van der Waals surface area contributed by atoms with Crippen LogP contribution in [0.2, 0.25) is 5.02 Å². The molecule has 3 aromatic rings. The predicted octanol–water partition coefficient (Wildman–Crippen LogP) is 4.76. The molecule has 0 amide bonds. The van der Waals surface area contributed by atoms with Crippen LogP contribution in [0.3, 0.4) is 0 Å². The Kier molecular flexibility index (Phi) is 5.21. The molecule has 1 heterocycles. The predicted molar refractivity (Wildman–Crippen MR) is 112 cm³/mol. The first-order chi connectivity index (χ1) is 13.1. The molecule has 0 aliphatic carbocycles. The van der Waals surface area contributed by atoms with E-state index in [2.05, 4.69) is 44.8 Å². The standard InChI is InChI=1S/C22H18BrClN2O/c23-16-5-3-4-15(12-16)19-13-20(18-6-1-2-7-21(18)27)26-22(25-19)14-8-10-17(24)11-9-14/h1-13,20,22,25-27H/p+1. The summed E-state index contributed by atoms with van der Waals surface area (Å²) in [5.74, 6) is 0.306. The molecule has 2 unspecified atom stereocenters. The van der Waals surface area contributed by atoms with Crippen LogP contribution in [0, 0.1) is 0 Å². The molecule has 4 rings (SSSR count). The van der Waals surface area contributed by atoms with Crippen LogP contribution < -0.4 is 10.6 Å². The van der Waals surface area contributed by atoms with Gasteiger partial charge in [-0.1, -0.05) is 51.8 Å². The quantitative estimate of drug-likeness (QED) is 0.548. The normalized spacial score (nSPS) is 19.3. The molecule has 1 aliphatic heterocycles. The van der Waals surface area contributed by atoms with Crippen molar-refractivity contribution in [2.24, 2.45) is 0 Å². The summed E-state index contributed by atoms with van der Waals surface area (Å²) in [4.78, 5) is 0. The topological polar surface area (TPSA) is 48.9 Å². The van der Waals surface area contributed by atoms with Gasteiger partial charge in [-0.25, -0.2) is 0 Å². The lowest BCUT2D eigenvalue weighted by Gasteiger charge is -2.30. The van der Waals surface area contributed by atoms with Gasteiger partial charge in [0.1, 0.15) is 11.8 Å². The Hall–Kier alpha value is -2.27. The van der Waals surface area contributed by atoms with Crippen molar-refractivity contribution in [1.29, 1.82) is 0 Å². The lowest BCUT2D eigenvalue weighted by molar-refractivity contribution is -0.731. The minimum absolute atomic E-state index is 0.00542. The summed E-state index contributed by atoms with van der Waals surface area (Å²) in [6, 6.07) is 23.5. The molecule has 0 fully saturated rings. The van der Waals surface area contributed by atoms with E-state index in [9.17, 15) is 5.11 Å². The Balaban J connectivity index is 1.76. The van der Waals surface area contributed by atoms with Crippen LogP contribution in [0.4, 0.5) is 0 Å². The van der Waals surface area contributed by atoms with Gasteiger partial charge in [0.25, 0.3) is 0 Å². The van der Waals surface area contributed by atoms with Crippen LogP contribution in [0.25, 0.3) is 5.70 Å². The van der Waals surface area contributed by atoms with E-state index in [1.54, 1.807) is 6.07 Å². The zero-order chi connectivity index (χ0) is 18.8. The molecule has 2 atom stereocenters. The number of para-hydroxylation sites is 1. The maximum Gasteiger partial charge on any atom is 0.186 e. The molecule has 0 aromatic heterocycles. The number of nitrogens with two attached hydrogens (primary N) is 1. The third kappa shape index (κ3) is 4.03. The third-order valence-electron chi connectivity index (χ3n) is 4.72. The van der Waals surface area contributed by atoms with Crippen molar-refractivity contribution in [2.75, 3.05) is 0 Å². The molecule has 0 saturated heterocycles. The Labute approximate surface area is 171 Å². The van der Waals surface area contributed by atoms with Crippen LogP contribution in [0.5, 0.6) is 5.75 Å². The van der Waals surface area contributed by atoms with Crippen molar-refractivity contribution in [3.8, 4) is 5.75 Å². The highest BCUT2D eigenvalue weighted by molar-refractivity contribution is 9.10. The number of hydrogen-bond donors (Lipinski definition) is 3. The van der Waals surface area contributed by atoms with Crippen LogP contribution in [0.15, 0.2) is 83.3 Å². The zero-order valence-corrected chi connectivity index (χ0v) is 16.8. The maximum atomic E-state index is 10.4. The Morgan fingerprint density at radius 1 is 0.963 bits per heavy atom. The van der Waals surface area contributed by atoms with E-state index >= 15 is 0 Å². The van der Waals surface area contributed by atoms with E-state index in [-0.39, 0.29) is 12.2 Å². The van der Waals surface area contributed by atoms with Crippen molar-refractivity contribution in [3.63, 3.8) is 0 Å². The highest BCUT2D eigenvalue weighted by atomic mass is 79.9. The summed E-state index contributed by atoms with van der Waals surface area (Å²) in [5.41, 5.74) is 4.15. The molecule has 3 aromatic carbocycles. The van der Waals surface area contributed by atoms with Crippen molar-refractivity contribution in [3.05, 3.63) is 105 Å². The van der Waals surface area contributed by atoms with Gasteiger partial charge in [0.15, 0.2) is 6.17 Å². The third-order valence-corrected chi connectivity index (χ3v) is 5.46. The molecule has 27 heavy (non-hydrogen) atoms. The van der Waals surface area contributed by atoms with Gasteiger partial charge in [-0.2, -0.15) is 0 Å². The van der Waals surface area contributed by atoms with E-state index < -0.39 is 0 Å². The fourth-order valence-electron chi connectivity index (χ4n) is 3.37. The zero-order valence-electron chi connectivity index (χ0n) is 14.4. The largest absolute Gasteiger partial charge is 0.507 e. The SMILES string of the molecule is Oc1ccccc1C1C=C(c2cccc(Br)c2)NC(c2ccc(Cl)cc2)[NH2+]1. The first kappa shape index (κ1) is 18.1. The monoisotopic (exact) mass is 441 g/mol. The Morgan fingerprint density at radius 2 is 1.74 bits per heavy atom. The molecule has 0 saturated carbocycles. The molecule has 1 aliphatic rings. The highest BCUT2D eigenvalue weighted by Gasteiger charge is 2.29. The number of aromatic hydroxyl groups is 1. The maximum absolute atomic E-state index is 10.4. The Morgan fingerprint density at radius 3 is 2.48 bits per heavy atom. The molecule has 0 bridgehead atoms. The molecular formula is C22H19BrClN2O+. The molecule has 0 radical (unpaired) electrons. The van der Waals surface area contributed by atoms with E-state index in [0.29, 0.717) is 5.75 Å².